The summed E-state index contributed by atoms with van der Waals surface area (Å²) in [6.45, 7) is 7.07. The maximum absolute atomic E-state index is 12.0. The van der Waals surface area contributed by atoms with Gasteiger partial charge in [-0.05, 0) is 19.3 Å². The van der Waals surface area contributed by atoms with E-state index < -0.39 is 12.1 Å². The van der Waals surface area contributed by atoms with Crippen LogP contribution in [-0.4, -0.2) is 31.3 Å². The molecule has 0 saturated heterocycles. The fourth-order valence-corrected chi connectivity index (χ4v) is 2.22. The zero-order valence-electron chi connectivity index (χ0n) is 15.2. The number of ether oxygens (including phenoxy) is 2. The van der Waals surface area contributed by atoms with E-state index in [1.165, 1.54) is 0 Å². The van der Waals surface area contributed by atoms with Gasteiger partial charge in [-0.15, -0.1) is 0 Å². The van der Waals surface area contributed by atoms with Crippen molar-refractivity contribution in [2.75, 3.05) is 13.2 Å². The topological polar surface area (TPSA) is 64.6 Å². The lowest BCUT2D eigenvalue weighted by molar-refractivity contribution is -0.146. The summed E-state index contributed by atoms with van der Waals surface area (Å²) < 4.78 is 10.4. The van der Waals surface area contributed by atoms with E-state index in [9.17, 15) is 9.59 Å². The van der Waals surface area contributed by atoms with Crippen molar-refractivity contribution in [3.8, 4) is 0 Å². The number of alkyl carbamates (subject to hydrolysis) is 1. The molecular weight excluding hydrogens is 294 g/mol. The van der Waals surface area contributed by atoms with Gasteiger partial charge in [0.05, 0.1) is 13.2 Å². The molecule has 0 radical (unpaired) electrons. The molecule has 0 aromatic heterocycles. The number of amides is 1. The molecule has 23 heavy (non-hydrogen) atoms. The minimum Gasteiger partial charge on any atom is -0.464 e. The number of rotatable bonds is 14. The van der Waals surface area contributed by atoms with Crippen LogP contribution in [0.1, 0.15) is 85.0 Å². The predicted molar refractivity (Wildman–Crippen MR) is 92.4 cm³/mol. The molecule has 0 unspecified atom stereocenters. The summed E-state index contributed by atoms with van der Waals surface area (Å²) in [5.41, 5.74) is 0. The Morgan fingerprint density at radius 2 is 1.35 bits per heavy atom. The third-order valence-electron chi connectivity index (χ3n) is 3.63. The van der Waals surface area contributed by atoms with E-state index in [0.717, 1.165) is 57.8 Å². The van der Waals surface area contributed by atoms with Crippen LogP contribution < -0.4 is 5.32 Å². The van der Waals surface area contributed by atoms with E-state index in [1.807, 2.05) is 6.92 Å². The van der Waals surface area contributed by atoms with Crippen LogP contribution >= 0.6 is 0 Å². The van der Waals surface area contributed by atoms with E-state index in [1.54, 1.807) is 0 Å². The second-order valence-corrected chi connectivity index (χ2v) is 5.91. The summed E-state index contributed by atoms with van der Waals surface area (Å²) >= 11 is 0. The van der Waals surface area contributed by atoms with Crippen LogP contribution in [0.15, 0.2) is 0 Å². The SMILES string of the molecule is CCCCCCOC(=O)N[C@@H](CCC)C(=O)OCCCCCC. The number of hydrogen-bond donors (Lipinski definition) is 1. The van der Waals surface area contributed by atoms with Crippen LogP contribution in [0.3, 0.4) is 0 Å². The van der Waals surface area contributed by atoms with E-state index in [0.29, 0.717) is 19.6 Å². The first-order chi connectivity index (χ1) is 11.2. The Balaban J connectivity index is 3.97. The van der Waals surface area contributed by atoms with Crippen LogP contribution in [0.25, 0.3) is 0 Å². The fraction of sp³-hybridized carbons (Fsp3) is 0.889. The first kappa shape index (κ1) is 21.7. The van der Waals surface area contributed by atoms with Crippen molar-refractivity contribution in [3.63, 3.8) is 0 Å². The molecule has 0 bridgehead atoms. The minimum atomic E-state index is -0.602. The number of carbonyl (C=O) groups is 2. The van der Waals surface area contributed by atoms with Gasteiger partial charge in [-0.3, -0.25) is 0 Å². The lowest BCUT2D eigenvalue weighted by atomic mass is 10.1. The molecule has 0 spiro atoms. The van der Waals surface area contributed by atoms with Gasteiger partial charge in [-0.1, -0.05) is 65.7 Å². The molecule has 5 nitrogen and oxygen atoms in total. The minimum absolute atomic E-state index is 0.355. The molecule has 0 heterocycles. The van der Waals surface area contributed by atoms with E-state index in [-0.39, 0.29) is 5.97 Å². The van der Waals surface area contributed by atoms with Crippen molar-refractivity contribution in [1.29, 1.82) is 0 Å². The maximum Gasteiger partial charge on any atom is 0.407 e. The highest BCUT2D eigenvalue weighted by molar-refractivity contribution is 5.81. The van der Waals surface area contributed by atoms with Crippen LogP contribution in [-0.2, 0) is 14.3 Å². The third kappa shape index (κ3) is 12.9. The smallest absolute Gasteiger partial charge is 0.407 e. The average Bonchev–Trinajstić information content (AvgIpc) is 2.54. The number of esters is 1. The first-order valence-corrected chi connectivity index (χ1v) is 9.25. The Labute approximate surface area is 141 Å². The molecule has 1 amide bonds. The standard InChI is InChI=1S/C18H35NO4/c1-4-7-9-11-14-22-17(20)16(13-6-3)19-18(21)23-15-12-10-8-5-2/h16H,4-15H2,1-3H3,(H,19,21)/t16-/m0/s1. The summed E-state index contributed by atoms with van der Waals surface area (Å²) in [4.78, 5) is 23.8. The van der Waals surface area contributed by atoms with Crippen molar-refractivity contribution >= 4 is 12.1 Å². The molecule has 1 N–H and O–H groups in total. The lowest BCUT2D eigenvalue weighted by Gasteiger charge is -2.17. The van der Waals surface area contributed by atoms with Gasteiger partial charge < -0.3 is 14.8 Å². The molecule has 0 aliphatic heterocycles. The molecule has 0 fully saturated rings. The number of nitrogens with one attached hydrogen (secondary N) is 1. The van der Waals surface area contributed by atoms with Gasteiger partial charge in [-0.25, -0.2) is 9.59 Å². The molecule has 0 aliphatic carbocycles. The number of hydrogen-bond acceptors (Lipinski definition) is 4. The quantitative estimate of drug-likeness (QED) is 0.374. The van der Waals surface area contributed by atoms with Gasteiger partial charge in [0.25, 0.3) is 0 Å². The second-order valence-electron chi connectivity index (χ2n) is 5.91. The monoisotopic (exact) mass is 329 g/mol. The molecule has 0 aliphatic rings. The fourth-order valence-electron chi connectivity index (χ4n) is 2.22. The van der Waals surface area contributed by atoms with Gasteiger partial charge in [0.15, 0.2) is 0 Å². The van der Waals surface area contributed by atoms with E-state index in [2.05, 4.69) is 19.2 Å². The van der Waals surface area contributed by atoms with Crippen LogP contribution in [0.5, 0.6) is 0 Å². The van der Waals surface area contributed by atoms with Gasteiger partial charge >= 0.3 is 12.1 Å². The molecule has 0 aromatic carbocycles. The van der Waals surface area contributed by atoms with Gasteiger partial charge in [0.1, 0.15) is 6.04 Å². The van der Waals surface area contributed by atoms with Crippen molar-refractivity contribution in [1.82, 2.24) is 5.32 Å². The van der Waals surface area contributed by atoms with Crippen molar-refractivity contribution in [2.24, 2.45) is 0 Å². The van der Waals surface area contributed by atoms with E-state index >= 15 is 0 Å². The Bertz CT molecular complexity index is 307. The highest BCUT2D eigenvalue weighted by Gasteiger charge is 2.21. The Kier molecular flexibility index (Phi) is 14.8. The predicted octanol–water partition coefficient (Wildman–Crippen LogP) is 4.59. The molecule has 1 atom stereocenters. The number of carbonyl (C=O) groups excluding carboxylic acids is 2. The summed E-state index contributed by atoms with van der Waals surface area (Å²) in [5.74, 6) is -0.355. The van der Waals surface area contributed by atoms with Crippen molar-refractivity contribution in [3.05, 3.63) is 0 Å². The molecule has 0 rings (SSSR count). The Hall–Kier alpha value is -1.26. The molecule has 5 heteroatoms. The molecular formula is C18H35NO4. The third-order valence-corrected chi connectivity index (χ3v) is 3.63. The van der Waals surface area contributed by atoms with Crippen LogP contribution in [0.2, 0.25) is 0 Å². The normalized spacial score (nSPS) is 11.8. The van der Waals surface area contributed by atoms with Crippen molar-refractivity contribution in [2.45, 2.75) is 91.0 Å². The zero-order chi connectivity index (χ0) is 17.3. The van der Waals surface area contributed by atoms with Gasteiger partial charge in [0, 0.05) is 0 Å². The Morgan fingerprint density at radius 3 is 1.87 bits per heavy atom. The summed E-state index contributed by atoms with van der Waals surface area (Å²) in [7, 11) is 0. The van der Waals surface area contributed by atoms with Gasteiger partial charge in [0.2, 0.25) is 0 Å². The molecule has 136 valence electrons. The first-order valence-electron chi connectivity index (χ1n) is 9.25. The van der Waals surface area contributed by atoms with E-state index in [4.69, 9.17) is 9.47 Å². The summed E-state index contributed by atoms with van der Waals surface area (Å²) in [6.07, 6.45) is 9.30. The van der Waals surface area contributed by atoms with Crippen LogP contribution in [0.4, 0.5) is 4.79 Å². The summed E-state index contributed by atoms with van der Waals surface area (Å²) in [6, 6.07) is -0.602. The Morgan fingerprint density at radius 1 is 0.783 bits per heavy atom. The molecule has 0 aromatic rings. The van der Waals surface area contributed by atoms with Crippen molar-refractivity contribution < 1.29 is 19.1 Å². The zero-order valence-corrected chi connectivity index (χ0v) is 15.2. The summed E-state index contributed by atoms with van der Waals surface area (Å²) in [5, 5.41) is 2.62. The maximum atomic E-state index is 12.0. The van der Waals surface area contributed by atoms with Crippen LogP contribution in [0, 0.1) is 0 Å². The highest BCUT2D eigenvalue weighted by Crippen LogP contribution is 2.04. The largest absolute Gasteiger partial charge is 0.464 e. The highest BCUT2D eigenvalue weighted by atomic mass is 16.6. The van der Waals surface area contributed by atoms with Gasteiger partial charge in [-0.2, -0.15) is 0 Å². The number of unbranched alkanes of at least 4 members (excludes halogenated alkanes) is 6. The lowest BCUT2D eigenvalue weighted by Crippen LogP contribution is -2.42. The average molecular weight is 329 g/mol. The molecule has 0 saturated carbocycles. The second kappa shape index (κ2) is 15.6.